The van der Waals surface area contributed by atoms with Gasteiger partial charge in [0.05, 0.1) is 6.61 Å². The fourth-order valence-electron chi connectivity index (χ4n) is 1.66. The van der Waals surface area contributed by atoms with Crippen LogP contribution in [0.25, 0.3) is 0 Å². The van der Waals surface area contributed by atoms with Gasteiger partial charge in [0.15, 0.2) is 0 Å². The molecule has 0 spiro atoms. The molecule has 0 aromatic rings. The van der Waals surface area contributed by atoms with E-state index < -0.39 is 6.09 Å². The highest BCUT2D eigenvalue weighted by Gasteiger charge is 2.22. The van der Waals surface area contributed by atoms with Crippen molar-refractivity contribution in [1.29, 1.82) is 0 Å². The molecule has 1 aliphatic heterocycles. The minimum atomic E-state index is -0.804. The Labute approximate surface area is 78.5 Å². The number of rotatable bonds is 3. The maximum atomic E-state index is 10.7. The molecule has 4 nitrogen and oxygen atoms in total. The lowest BCUT2D eigenvalue weighted by Gasteiger charge is -2.30. The zero-order chi connectivity index (χ0) is 9.68. The van der Waals surface area contributed by atoms with Gasteiger partial charge in [-0.05, 0) is 19.8 Å². The molecular formula is C9H17NO3. The average Bonchev–Trinajstić information content (AvgIpc) is 2.15. The van der Waals surface area contributed by atoms with Crippen LogP contribution in [0.4, 0.5) is 4.79 Å². The Hall–Kier alpha value is -0.770. The van der Waals surface area contributed by atoms with Crippen molar-refractivity contribution in [3.05, 3.63) is 0 Å². The van der Waals surface area contributed by atoms with Crippen molar-refractivity contribution in [1.82, 2.24) is 4.90 Å². The number of hydrogen-bond donors (Lipinski definition) is 1. The first-order chi connectivity index (χ1) is 6.24. The third kappa shape index (κ3) is 3.22. The normalized spacial score (nSPS) is 23.2. The van der Waals surface area contributed by atoms with Crippen LogP contribution in [0.5, 0.6) is 0 Å². The molecule has 0 aliphatic carbocycles. The molecule has 0 aromatic heterocycles. The van der Waals surface area contributed by atoms with Gasteiger partial charge in [-0.3, -0.25) is 0 Å². The molecule has 1 atom stereocenters. The summed E-state index contributed by atoms with van der Waals surface area (Å²) in [7, 11) is 0. The van der Waals surface area contributed by atoms with Crippen LogP contribution in [0, 0.1) is 5.92 Å². The Morgan fingerprint density at radius 2 is 2.46 bits per heavy atom. The van der Waals surface area contributed by atoms with Crippen LogP contribution < -0.4 is 0 Å². The maximum Gasteiger partial charge on any atom is 0.407 e. The zero-order valence-electron chi connectivity index (χ0n) is 8.03. The summed E-state index contributed by atoms with van der Waals surface area (Å²) in [6, 6.07) is 0. The van der Waals surface area contributed by atoms with Gasteiger partial charge < -0.3 is 14.7 Å². The van der Waals surface area contributed by atoms with E-state index in [9.17, 15) is 4.79 Å². The van der Waals surface area contributed by atoms with Gasteiger partial charge in [0.1, 0.15) is 0 Å². The number of hydrogen-bond acceptors (Lipinski definition) is 2. The van der Waals surface area contributed by atoms with Gasteiger partial charge >= 0.3 is 6.09 Å². The number of nitrogens with zero attached hydrogens (tertiary/aromatic N) is 1. The van der Waals surface area contributed by atoms with Crippen LogP contribution >= 0.6 is 0 Å². The highest BCUT2D eigenvalue weighted by Crippen LogP contribution is 2.16. The first-order valence-electron chi connectivity index (χ1n) is 4.79. The second-order valence-electron chi connectivity index (χ2n) is 3.40. The van der Waals surface area contributed by atoms with Crippen molar-refractivity contribution in [2.45, 2.75) is 19.8 Å². The van der Waals surface area contributed by atoms with Gasteiger partial charge in [0.25, 0.3) is 0 Å². The van der Waals surface area contributed by atoms with E-state index in [-0.39, 0.29) is 0 Å². The Kier molecular flexibility index (Phi) is 4.02. The molecule has 1 saturated heterocycles. The van der Waals surface area contributed by atoms with Crippen molar-refractivity contribution in [2.24, 2.45) is 5.92 Å². The lowest BCUT2D eigenvalue weighted by atomic mass is 9.99. The number of ether oxygens (including phenoxy) is 1. The van der Waals surface area contributed by atoms with E-state index in [1.807, 2.05) is 6.92 Å². The predicted molar refractivity (Wildman–Crippen MR) is 48.8 cm³/mol. The van der Waals surface area contributed by atoms with Crippen molar-refractivity contribution in [3.63, 3.8) is 0 Å². The Bertz CT molecular complexity index is 172. The van der Waals surface area contributed by atoms with Crippen LogP contribution in [0.3, 0.4) is 0 Å². The minimum absolute atomic E-state index is 0.393. The van der Waals surface area contributed by atoms with Crippen molar-refractivity contribution in [2.75, 3.05) is 26.3 Å². The number of amides is 1. The van der Waals surface area contributed by atoms with Gasteiger partial charge in [-0.25, -0.2) is 4.79 Å². The second-order valence-corrected chi connectivity index (χ2v) is 3.40. The molecule has 0 radical (unpaired) electrons. The highest BCUT2D eigenvalue weighted by atomic mass is 16.5. The van der Waals surface area contributed by atoms with Crippen molar-refractivity contribution < 1.29 is 14.6 Å². The molecule has 0 saturated carbocycles. The third-order valence-electron chi connectivity index (χ3n) is 2.35. The molecule has 1 heterocycles. The first-order valence-corrected chi connectivity index (χ1v) is 4.79. The molecule has 0 unspecified atom stereocenters. The van der Waals surface area contributed by atoms with Crippen LogP contribution in [0.1, 0.15) is 19.8 Å². The first kappa shape index (κ1) is 10.3. The fraction of sp³-hybridized carbons (Fsp3) is 0.889. The quantitative estimate of drug-likeness (QED) is 0.726. The molecule has 0 aromatic carbocycles. The van der Waals surface area contributed by atoms with E-state index in [1.165, 1.54) is 4.90 Å². The number of carbonyl (C=O) groups is 1. The van der Waals surface area contributed by atoms with Crippen molar-refractivity contribution >= 4 is 6.09 Å². The monoisotopic (exact) mass is 187 g/mol. The predicted octanol–water partition coefficient (Wildman–Crippen LogP) is 1.41. The molecule has 13 heavy (non-hydrogen) atoms. The molecule has 1 rings (SSSR count). The van der Waals surface area contributed by atoms with E-state index in [4.69, 9.17) is 9.84 Å². The largest absolute Gasteiger partial charge is 0.465 e. The maximum absolute atomic E-state index is 10.7. The minimum Gasteiger partial charge on any atom is -0.465 e. The zero-order valence-corrected chi connectivity index (χ0v) is 8.03. The van der Waals surface area contributed by atoms with Gasteiger partial charge in [0.2, 0.25) is 0 Å². The van der Waals surface area contributed by atoms with E-state index in [0.29, 0.717) is 32.2 Å². The summed E-state index contributed by atoms with van der Waals surface area (Å²) in [5.74, 6) is 0.393. The lowest BCUT2D eigenvalue weighted by molar-refractivity contribution is 0.0649. The molecule has 76 valence electrons. The standard InChI is InChI=1S/C9H17NO3/c1-2-13-7-8-4-3-5-10(6-8)9(11)12/h8H,2-7H2,1H3,(H,11,12)/t8-/m1/s1. The van der Waals surface area contributed by atoms with Crippen LogP contribution in [-0.2, 0) is 4.74 Å². The summed E-state index contributed by atoms with van der Waals surface area (Å²) in [6.07, 6.45) is 1.24. The number of carboxylic acid groups (broad SMARTS) is 1. The Morgan fingerprint density at radius 3 is 3.08 bits per heavy atom. The Morgan fingerprint density at radius 1 is 1.69 bits per heavy atom. The van der Waals surface area contributed by atoms with Gasteiger partial charge in [-0.15, -0.1) is 0 Å². The Balaban J connectivity index is 2.29. The van der Waals surface area contributed by atoms with Gasteiger partial charge in [-0.2, -0.15) is 0 Å². The molecule has 4 heteroatoms. The lowest BCUT2D eigenvalue weighted by Crippen LogP contribution is -2.40. The molecule has 1 N–H and O–H groups in total. The van der Waals surface area contributed by atoms with Crippen LogP contribution in [-0.4, -0.2) is 42.4 Å². The summed E-state index contributed by atoms with van der Waals surface area (Å²) in [6.45, 7) is 4.68. The van der Waals surface area contributed by atoms with Crippen LogP contribution in [0.2, 0.25) is 0 Å². The molecule has 1 fully saturated rings. The molecule has 1 aliphatic rings. The summed E-state index contributed by atoms with van der Waals surface area (Å²) in [5.41, 5.74) is 0. The van der Waals surface area contributed by atoms with E-state index in [0.717, 1.165) is 12.8 Å². The van der Waals surface area contributed by atoms with Crippen molar-refractivity contribution in [3.8, 4) is 0 Å². The fourth-order valence-corrected chi connectivity index (χ4v) is 1.66. The number of likely N-dealkylation sites (tertiary alicyclic amines) is 1. The van der Waals surface area contributed by atoms with E-state index >= 15 is 0 Å². The second kappa shape index (κ2) is 5.07. The van der Waals surface area contributed by atoms with Gasteiger partial charge in [0, 0.05) is 25.6 Å². The summed E-state index contributed by atoms with van der Waals surface area (Å²) >= 11 is 0. The average molecular weight is 187 g/mol. The number of piperidine rings is 1. The smallest absolute Gasteiger partial charge is 0.407 e. The highest BCUT2D eigenvalue weighted by molar-refractivity contribution is 5.65. The summed E-state index contributed by atoms with van der Waals surface area (Å²) < 4.78 is 5.28. The van der Waals surface area contributed by atoms with E-state index in [2.05, 4.69) is 0 Å². The third-order valence-corrected chi connectivity index (χ3v) is 2.35. The summed E-state index contributed by atoms with van der Waals surface area (Å²) in [5, 5.41) is 8.77. The van der Waals surface area contributed by atoms with Crippen LogP contribution in [0.15, 0.2) is 0 Å². The molecular weight excluding hydrogens is 170 g/mol. The summed E-state index contributed by atoms with van der Waals surface area (Å²) in [4.78, 5) is 12.1. The molecule has 0 bridgehead atoms. The van der Waals surface area contributed by atoms with Gasteiger partial charge in [-0.1, -0.05) is 0 Å². The SMILES string of the molecule is CCOC[C@@H]1CCCN(C(=O)O)C1. The topological polar surface area (TPSA) is 49.8 Å². The van der Waals surface area contributed by atoms with E-state index in [1.54, 1.807) is 0 Å². The molecule has 1 amide bonds.